The van der Waals surface area contributed by atoms with E-state index in [1.54, 1.807) is 0 Å². The Hall–Kier alpha value is -1.71. The Morgan fingerprint density at radius 2 is 2.08 bits per heavy atom. The molecule has 0 saturated carbocycles. The molecule has 13 heavy (non-hydrogen) atoms. The highest BCUT2D eigenvalue weighted by atomic mass is 19.1. The lowest BCUT2D eigenvalue weighted by Gasteiger charge is -1.97. The summed E-state index contributed by atoms with van der Waals surface area (Å²) in [6.45, 7) is 0. The monoisotopic (exact) mass is 181 g/mol. The number of hydrogen-bond donors (Lipinski definition) is 0. The highest BCUT2D eigenvalue weighted by Crippen LogP contribution is 2.22. The van der Waals surface area contributed by atoms with Crippen molar-refractivity contribution in [2.24, 2.45) is 0 Å². The molecule has 0 aliphatic heterocycles. The normalized spacial score (nSPS) is 10.3. The molecule has 0 saturated heterocycles. The Morgan fingerprint density at radius 1 is 1.23 bits per heavy atom. The van der Waals surface area contributed by atoms with Crippen molar-refractivity contribution in [2.75, 3.05) is 0 Å². The van der Waals surface area contributed by atoms with Gasteiger partial charge in [0.1, 0.15) is 11.6 Å². The van der Waals surface area contributed by atoms with Crippen LogP contribution in [0.4, 0.5) is 8.78 Å². The van der Waals surface area contributed by atoms with Crippen molar-refractivity contribution >= 4 is 0 Å². The Labute approximate surface area is 72.8 Å². The van der Waals surface area contributed by atoms with Gasteiger partial charge in [0, 0.05) is 0 Å². The molecule has 0 spiro atoms. The fraction of sp³-hybridized carbons (Fsp3) is 0. The molecule has 4 heteroatoms. The Bertz CT molecular complexity index is 412. The van der Waals surface area contributed by atoms with Crippen molar-refractivity contribution in [3.63, 3.8) is 0 Å². The molecule has 0 atom stereocenters. The van der Waals surface area contributed by atoms with Crippen molar-refractivity contribution in [1.82, 2.24) is 4.98 Å². The quantitative estimate of drug-likeness (QED) is 0.675. The van der Waals surface area contributed by atoms with Crippen molar-refractivity contribution in [1.29, 1.82) is 0 Å². The van der Waals surface area contributed by atoms with Crippen LogP contribution in [0, 0.1) is 11.6 Å². The molecule has 1 aromatic carbocycles. The minimum absolute atomic E-state index is 0.0810. The van der Waals surface area contributed by atoms with Crippen molar-refractivity contribution in [2.45, 2.75) is 0 Å². The lowest BCUT2D eigenvalue weighted by atomic mass is 10.2. The maximum atomic E-state index is 13.1. The van der Waals surface area contributed by atoms with Gasteiger partial charge >= 0.3 is 0 Å². The minimum atomic E-state index is -0.529. The van der Waals surface area contributed by atoms with Gasteiger partial charge in [-0.05, 0) is 18.2 Å². The lowest BCUT2D eigenvalue weighted by Crippen LogP contribution is -1.83. The van der Waals surface area contributed by atoms with E-state index >= 15 is 0 Å². The second kappa shape index (κ2) is 2.97. The molecule has 0 unspecified atom stereocenters. The van der Waals surface area contributed by atoms with Gasteiger partial charge in [0.2, 0.25) is 0 Å². The summed E-state index contributed by atoms with van der Waals surface area (Å²) in [5.74, 6) is -0.817. The van der Waals surface area contributed by atoms with E-state index in [2.05, 4.69) is 4.98 Å². The van der Waals surface area contributed by atoms with Gasteiger partial charge < -0.3 is 4.42 Å². The summed E-state index contributed by atoms with van der Waals surface area (Å²) in [4.78, 5) is 3.61. The van der Waals surface area contributed by atoms with E-state index in [0.29, 0.717) is 0 Å². The summed E-state index contributed by atoms with van der Waals surface area (Å²) < 4.78 is 30.6. The van der Waals surface area contributed by atoms with Crippen LogP contribution in [0.15, 0.2) is 35.2 Å². The molecule has 2 nitrogen and oxygen atoms in total. The summed E-state index contributed by atoms with van der Waals surface area (Å²) in [5, 5.41) is 0. The van der Waals surface area contributed by atoms with E-state index < -0.39 is 11.6 Å². The average Bonchev–Trinajstić information content (AvgIpc) is 2.61. The average molecular weight is 181 g/mol. The van der Waals surface area contributed by atoms with Gasteiger partial charge in [0.05, 0.1) is 11.8 Å². The van der Waals surface area contributed by atoms with Gasteiger partial charge in [0.25, 0.3) is 0 Å². The largest absolute Gasteiger partial charge is 0.443 e. The van der Waals surface area contributed by atoms with E-state index in [0.717, 1.165) is 18.2 Å². The zero-order valence-electron chi connectivity index (χ0n) is 6.50. The lowest BCUT2D eigenvalue weighted by molar-refractivity contribution is 0.556. The SMILES string of the molecule is Fc1ccc(F)c(-c2cnco2)c1. The molecule has 0 aliphatic carbocycles. The van der Waals surface area contributed by atoms with Crippen LogP contribution in [0.2, 0.25) is 0 Å². The number of oxazole rings is 1. The van der Waals surface area contributed by atoms with E-state index in [-0.39, 0.29) is 11.3 Å². The molecular formula is C9H5F2NO. The van der Waals surface area contributed by atoms with Gasteiger partial charge in [-0.1, -0.05) is 0 Å². The molecule has 0 aliphatic rings. The van der Waals surface area contributed by atoms with Crippen LogP contribution in [-0.2, 0) is 0 Å². The molecule has 1 heterocycles. The smallest absolute Gasteiger partial charge is 0.181 e. The fourth-order valence-corrected chi connectivity index (χ4v) is 1.04. The number of nitrogens with zero attached hydrogens (tertiary/aromatic N) is 1. The molecule has 2 rings (SSSR count). The summed E-state index contributed by atoms with van der Waals surface area (Å²) >= 11 is 0. The predicted molar refractivity (Wildman–Crippen MR) is 41.9 cm³/mol. The van der Waals surface area contributed by atoms with Gasteiger partial charge in [0.15, 0.2) is 12.2 Å². The second-order valence-electron chi connectivity index (χ2n) is 2.49. The third kappa shape index (κ3) is 1.42. The number of aromatic nitrogens is 1. The van der Waals surface area contributed by atoms with E-state index in [4.69, 9.17) is 4.42 Å². The predicted octanol–water partition coefficient (Wildman–Crippen LogP) is 2.62. The first-order valence-corrected chi connectivity index (χ1v) is 3.61. The van der Waals surface area contributed by atoms with Crippen LogP contribution in [0.5, 0.6) is 0 Å². The number of hydrogen-bond acceptors (Lipinski definition) is 2. The van der Waals surface area contributed by atoms with Crippen molar-refractivity contribution < 1.29 is 13.2 Å². The molecule has 0 N–H and O–H groups in total. The Morgan fingerprint density at radius 3 is 2.77 bits per heavy atom. The number of rotatable bonds is 1. The van der Waals surface area contributed by atoms with E-state index in [1.807, 2.05) is 0 Å². The molecule has 0 fully saturated rings. The van der Waals surface area contributed by atoms with Gasteiger partial charge in [-0.15, -0.1) is 0 Å². The zero-order chi connectivity index (χ0) is 9.26. The van der Waals surface area contributed by atoms with Gasteiger partial charge in [-0.25, -0.2) is 13.8 Å². The topological polar surface area (TPSA) is 26.0 Å². The summed E-state index contributed by atoms with van der Waals surface area (Å²) in [6, 6.07) is 3.16. The molecule has 2 aromatic rings. The van der Waals surface area contributed by atoms with E-state index in [1.165, 1.54) is 12.6 Å². The first-order valence-electron chi connectivity index (χ1n) is 3.61. The third-order valence-electron chi connectivity index (χ3n) is 1.63. The second-order valence-corrected chi connectivity index (χ2v) is 2.49. The third-order valence-corrected chi connectivity index (χ3v) is 1.63. The first-order chi connectivity index (χ1) is 6.27. The molecule has 0 radical (unpaired) electrons. The van der Waals surface area contributed by atoms with Crippen LogP contribution >= 0.6 is 0 Å². The highest BCUT2D eigenvalue weighted by molar-refractivity contribution is 5.56. The molecular weight excluding hydrogens is 176 g/mol. The Balaban J connectivity index is 2.57. The van der Waals surface area contributed by atoms with E-state index in [9.17, 15) is 8.78 Å². The molecule has 66 valence electrons. The van der Waals surface area contributed by atoms with Crippen molar-refractivity contribution in [3.05, 3.63) is 42.4 Å². The number of benzene rings is 1. The Kier molecular flexibility index (Phi) is 1.81. The van der Waals surface area contributed by atoms with Gasteiger partial charge in [-0.2, -0.15) is 0 Å². The minimum Gasteiger partial charge on any atom is -0.443 e. The summed E-state index contributed by atoms with van der Waals surface area (Å²) in [5.41, 5.74) is 0.0810. The fourth-order valence-electron chi connectivity index (χ4n) is 1.04. The van der Waals surface area contributed by atoms with Crippen molar-refractivity contribution in [3.8, 4) is 11.3 Å². The first kappa shape index (κ1) is 7.91. The van der Waals surface area contributed by atoms with Gasteiger partial charge in [-0.3, -0.25) is 0 Å². The highest BCUT2D eigenvalue weighted by Gasteiger charge is 2.08. The number of halogens is 2. The molecule has 0 bridgehead atoms. The molecule has 0 amide bonds. The zero-order valence-corrected chi connectivity index (χ0v) is 6.50. The summed E-state index contributed by atoms with van der Waals surface area (Å²) in [7, 11) is 0. The van der Waals surface area contributed by atoms with Crippen LogP contribution in [0.3, 0.4) is 0 Å². The van der Waals surface area contributed by atoms with Crippen LogP contribution in [0.1, 0.15) is 0 Å². The summed E-state index contributed by atoms with van der Waals surface area (Å²) in [6.07, 6.45) is 2.50. The maximum Gasteiger partial charge on any atom is 0.181 e. The molecule has 1 aromatic heterocycles. The standard InChI is InChI=1S/C9H5F2NO/c10-6-1-2-8(11)7(3-6)9-4-12-5-13-9/h1-5H. The maximum absolute atomic E-state index is 13.1. The van der Waals surface area contributed by atoms with Crippen LogP contribution in [-0.4, -0.2) is 4.98 Å². The van der Waals surface area contributed by atoms with Crippen LogP contribution < -0.4 is 0 Å². The van der Waals surface area contributed by atoms with Crippen LogP contribution in [0.25, 0.3) is 11.3 Å².